The first-order valence-electron chi connectivity index (χ1n) is 11.5. The van der Waals surface area contributed by atoms with Gasteiger partial charge in [0.25, 0.3) is 0 Å². The van der Waals surface area contributed by atoms with E-state index in [2.05, 4.69) is 23.3 Å². The molecule has 9 nitrogen and oxygen atoms in total. The van der Waals surface area contributed by atoms with Gasteiger partial charge in [-0.3, -0.25) is 4.90 Å². The minimum atomic E-state index is -0.391. The monoisotopic (exact) mass is 470 g/mol. The number of benzene rings is 1. The molecule has 0 spiro atoms. The summed E-state index contributed by atoms with van der Waals surface area (Å²) in [6.45, 7) is 11.3. The summed E-state index contributed by atoms with van der Waals surface area (Å²) in [6.07, 6.45) is 5.27. The number of hydrogen-bond acceptors (Lipinski definition) is 8. The summed E-state index contributed by atoms with van der Waals surface area (Å²) in [4.78, 5) is 18.1. The number of carbonyl (C=O) groups excluding carboxylic acids is 1. The van der Waals surface area contributed by atoms with Crippen LogP contribution in [0.15, 0.2) is 43.4 Å². The molecule has 1 saturated heterocycles. The van der Waals surface area contributed by atoms with Crippen LogP contribution in [0.1, 0.15) is 32.8 Å². The Kier molecular flexibility index (Phi) is 9.78. The van der Waals surface area contributed by atoms with Gasteiger partial charge in [0.15, 0.2) is 0 Å². The Morgan fingerprint density at radius 2 is 2.21 bits per heavy atom. The molecule has 186 valence electrons. The maximum absolute atomic E-state index is 12.7. The molecule has 9 heteroatoms. The van der Waals surface area contributed by atoms with E-state index in [4.69, 9.17) is 4.74 Å². The third-order valence-corrected chi connectivity index (χ3v) is 5.81. The Morgan fingerprint density at radius 1 is 1.47 bits per heavy atom. The van der Waals surface area contributed by atoms with E-state index in [9.17, 15) is 15.2 Å². The van der Waals surface area contributed by atoms with Gasteiger partial charge in [-0.15, -0.1) is 0 Å². The van der Waals surface area contributed by atoms with Crippen molar-refractivity contribution >= 4 is 17.5 Å². The molecule has 34 heavy (non-hydrogen) atoms. The van der Waals surface area contributed by atoms with Crippen LogP contribution in [0.3, 0.4) is 0 Å². The van der Waals surface area contributed by atoms with Crippen molar-refractivity contribution in [2.75, 3.05) is 43.6 Å². The lowest BCUT2D eigenvalue weighted by Gasteiger charge is -2.28. The molecular weight excluding hydrogens is 432 g/mol. The van der Waals surface area contributed by atoms with Crippen molar-refractivity contribution in [3.63, 3.8) is 0 Å². The molecule has 0 radical (unpaired) electrons. The number of aliphatic hydroxyl groups excluding tert-OH is 1. The molecule has 1 aromatic carbocycles. The van der Waals surface area contributed by atoms with Crippen LogP contribution in [0.2, 0.25) is 0 Å². The minimum absolute atomic E-state index is 0.0931. The van der Waals surface area contributed by atoms with Gasteiger partial charge in [0.05, 0.1) is 12.6 Å². The molecule has 0 aliphatic carbocycles. The van der Waals surface area contributed by atoms with Crippen molar-refractivity contribution in [3.05, 3.63) is 48.9 Å². The number of aliphatic hydroxyl groups is 1. The van der Waals surface area contributed by atoms with Crippen LogP contribution in [0.5, 0.6) is 0 Å². The lowest BCUT2D eigenvalue weighted by Crippen LogP contribution is -2.44. The van der Waals surface area contributed by atoms with E-state index >= 15 is 0 Å². The number of nitrogens with zero attached hydrogens (tertiary/aromatic N) is 4. The van der Waals surface area contributed by atoms with Crippen LogP contribution < -0.4 is 20.4 Å². The van der Waals surface area contributed by atoms with Gasteiger partial charge in [0, 0.05) is 63.1 Å². The van der Waals surface area contributed by atoms with E-state index in [0.717, 1.165) is 16.9 Å². The lowest BCUT2D eigenvalue weighted by molar-refractivity contribution is 0.131. The Hall–Kier alpha value is -3.22. The highest BCUT2D eigenvalue weighted by Crippen LogP contribution is 2.31. The molecule has 0 bridgehead atoms. The van der Waals surface area contributed by atoms with Crippen LogP contribution in [-0.2, 0) is 11.3 Å². The molecule has 0 saturated carbocycles. The number of amides is 1. The number of nitriles is 1. The maximum Gasteiger partial charge on any atom is 0.414 e. The van der Waals surface area contributed by atoms with Crippen molar-refractivity contribution in [1.82, 2.24) is 15.5 Å². The van der Waals surface area contributed by atoms with E-state index in [1.54, 1.807) is 24.3 Å². The largest absolute Gasteiger partial charge is 0.443 e. The molecule has 2 atom stereocenters. The van der Waals surface area contributed by atoms with Gasteiger partial charge in [-0.2, -0.15) is 5.26 Å². The third kappa shape index (κ3) is 7.14. The number of carbonyl (C=O) groups is 1. The van der Waals surface area contributed by atoms with E-state index in [0.29, 0.717) is 26.1 Å². The van der Waals surface area contributed by atoms with Crippen molar-refractivity contribution in [2.45, 2.75) is 51.4 Å². The van der Waals surface area contributed by atoms with Crippen LogP contribution in [0, 0.1) is 11.3 Å². The van der Waals surface area contributed by atoms with Crippen LogP contribution >= 0.6 is 0 Å². The van der Waals surface area contributed by atoms with Crippen molar-refractivity contribution in [3.8, 4) is 6.07 Å². The highest BCUT2D eigenvalue weighted by atomic mass is 16.6. The Labute approximate surface area is 203 Å². The van der Waals surface area contributed by atoms with Crippen molar-refractivity contribution in [1.29, 1.82) is 5.26 Å². The number of nitrogens with one attached hydrogen (secondary N) is 2. The molecule has 1 aliphatic rings. The first-order chi connectivity index (χ1) is 16.1. The number of anilines is 2. The normalized spacial score (nSPS) is 16.8. The highest BCUT2D eigenvalue weighted by Gasteiger charge is 2.34. The zero-order chi connectivity index (χ0) is 25.3. The fourth-order valence-corrected chi connectivity index (χ4v) is 3.68. The van der Waals surface area contributed by atoms with E-state index in [-0.39, 0.29) is 24.3 Å². The number of cyclic esters (lactones) is 1. The number of ether oxygens (including phenoxy) is 1. The summed E-state index contributed by atoms with van der Waals surface area (Å²) in [6, 6.07) is 7.67. The van der Waals surface area contributed by atoms with Crippen LogP contribution in [-0.4, -0.2) is 67.6 Å². The molecule has 0 aromatic heterocycles. The molecule has 1 heterocycles. The van der Waals surface area contributed by atoms with E-state index in [1.165, 1.54) is 0 Å². The second-order valence-electron chi connectivity index (χ2n) is 9.08. The zero-order valence-electron chi connectivity index (χ0n) is 20.9. The van der Waals surface area contributed by atoms with E-state index < -0.39 is 6.04 Å². The summed E-state index contributed by atoms with van der Waals surface area (Å²) in [5.41, 5.74) is 2.30. The summed E-state index contributed by atoms with van der Waals surface area (Å²) < 4.78 is 5.59. The number of hydrogen-bond donors (Lipinski definition) is 3. The molecule has 3 N–H and O–H groups in total. The predicted octanol–water partition coefficient (Wildman–Crippen LogP) is 2.75. The topological polar surface area (TPSA) is 104 Å². The summed E-state index contributed by atoms with van der Waals surface area (Å²) in [5.74, 6) is 0. The van der Waals surface area contributed by atoms with Crippen LogP contribution in [0.25, 0.3) is 0 Å². The summed E-state index contributed by atoms with van der Waals surface area (Å²) in [7, 11) is 3.72. The average molecular weight is 471 g/mol. The number of rotatable bonds is 13. The Morgan fingerprint density at radius 3 is 2.82 bits per heavy atom. The molecule has 1 fully saturated rings. The van der Waals surface area contributed by atoms with Gasteiger partial charge in [-0.1, -0.05) is 6.58 Å². The van der Waals surface area contributed by atoms with Gasteiger partial charge in [-0.05, 0) is 57.2 Å². The SMILES string of the molecule is C=CN(C)Cc1cc(N2C[C@@H](CNC(C)(C)CCO)OC2=O)ccc1N(/C=C\NC)C(C)C#N. The Balaban J connectivity index is 2.31. The first-order valence-corrected chi connectivity index (χ1v) is 11.5. The zero-order valence-corrected chi connectivity index (χ0v) is 20.9. The van der Waals surface area contributed by atoms with Gasteiger partial charge in [0.2, 0.25) is 0 Å². The van der Waals surface area contributed by atoms with Gasteiger partial charge in [0.1, 0.15) is 12.1 Å². The molecule has 2 rings (SSSR count). The second-order valence-corrected chi connectivity index (χ2v) is 9.08. The minimum Gasteiger partial charge on any atom is -0.443 e. The first kappa shape index (κ1) is 27.0. The molecule has 1 amide bonds. The quantitative estimate of drug-likeness (QED) is 0.404. The average Bonchev–Trinajstić information content (AvgIpc) is 3.18. The van der Waals surface area contributed by atoms with E-state index in [1.807, 2.05) is 62.0 Å². The van der Waals surface area contributed by atoms with Crippen LogP contribution in [0.4, 0.5) is 16.2 Å². The summed E-state index contributed by atoms with van der Waals surface area (Å²) >= 11 is 0. The van der Waals surface area contributed by atoms with Gasteiger partial charge < -0.3 is 30.3 Å². The fraction of sp³-hybridized carbons (Fsp3) is 0.520. The Bertz CT molecular complexity index is 910. The molecular formula is C25H38N6O3. The summed E-state index contributed by atoms with van der Waals surface area (Å²) in [5, 5.41) is 25.1. The predicted molar refractivity (Wildman–Crippen MR) is 135 cm³/mol. The molecule has 1 aromatic rings. The second kappa shape index (κ2) is 12.3. The molecule has 1 unspecified atom stereocenters. The third-order valence-electron chi connectivity index (χ3n) is 5.81. The smallest absolute Gasteiger partial charge is 0.414 e. The highest BCUT2D eigenvalue weighted by molar-refractivity contribution is 5.90. The maximum atomic E-state index is 12.7. The lowest BCUT2D eigenvalue weighted by atomic mass is 10.0. The standard InChI is InChI=1S/C25H38N6O3/c1-7-29(6)17-20-14-21(8-9-23(20)30(12-11-27-5)19(2)15-26)31-18-22(34-24(31)33)16-28-25(3,4)10-13-32/h7-9,11-12,14,19,22,27-28,32H,1,10,13,16-18H2,2-6H3/b12-11-/t19?,22-/m1/s1. The van der Waals surface area contributed by atoms with Gasteiger partial charge in [-0.25, -0.2) is 4.79 Å². The van der Waals surface area contributed by atoms with Crippen molar-refractivity contribution < 1.29 is 14.6 Å². The fourth-order valence-electron chi connectivity index (χ4n) is 3.68. The molecule has 1 aliphatic heterocycles. The van der Waals surface area contributed by atoms with Crippen molar-refractivity contribution in [2.24, 2.45) is 0 Å². The van der Waals surface area contributed by atoms with Gasteiger partial charge >= 0.3 is 6.09 Å².